The number of carboxylic acids is 1. The van der Waals surface area contributed by atoms with Gasteiger partial charge in [0, 0.05) is 53.9 Å². The van der Waals surface area contributed by atoms with Crippen molar-refractivity contribution in [1.29, 1.82) is 0 Å². The minimum Gasteiger partial charge on any atom is -0.479 e. The van der Waals surface area contributed by atoms with Crippen LogP contribution in [0.2, 0.25) is 0 Å². The molecule has 1 aromatic carbocycles. The van der Waals surface area contributed by atoms with E-state index in [-0.39, 0.29) is 12.4 Å². The topological polar surface area (TPSA) is 102 Å². The van der Waals surface area contributed by atoms with Crippen LogP contribution in [0.5, 0.6) is 5.75 Å². The van der Waals surface area contributed by atoms with Crippen LogP contribution in [0.1, 0.15) is 30.8 Å². The molecular formula is C27H27F2N5O4. The number of rotatable bonds is 7. The Morgan fingerprint density at radius 1 is 1.21 bits per heavy atom. The van der Waals surface area contributed by atoms with Gasteiger partial charge in [0.2, 0.25) is 5.95 Å². The van der Waals surface area contributed by atoms with Gasteiger partial charge in [-0.2, -0.15) is 8.78 Å². The first kappa shape index (κ1) is 25.5. The number of carboxylic acid groups (broad SMARTS) is 1. The minimum atomic E-state index is -2.91. The van der Waals surface area contributed by atoms with E-state index in [0.717, 1.165) is 28.2 Å². The van der Waals surface area contributed by atoms with E-state index in [4.69, 9.17) is 9.47 Å². The van der Waals surface area contributed by atoms with Crippen LogP contribution in [-0.2, 0) is 16.0 Å². The number of carbonyl (C=O) groups is 1. The maximum atomic E-state index is 12.9. The van der Waals surface area contributed by atoms with Crippen molar-refractivity contribution in [3.8, 4) is 16.9 Å². The molecule has 198 valence electrons. The summed E-state index contributed by atoms with van der Waals surface area (Å²) >= 11 is 0. The molecule has 9 nitrogen and oxygen atoms in total. The van der Waals surface area contributed by atoms with E-state index in [1.807, 2.05) is 34.6 Å². The van der Waals surface area contributed by atoms with Crippen LogP contribution < -0.4 is 9.64 Å². The Balaban J connectivity index is 1.44. The molecule has 1 aliphatic rings. The highest BCUT2D eigenvalue weighted by Gasteiger charge is 2.46. The Morgan fingerprint density at radius 3 is 2.66 bits per heavy atom. The number of alkyl halides is 2. The Labute approximate surface area is 217 Å². The van der Waals surface area contributed by atoms with Crippen LogP contribution in [0.3, 0.4) is 0 Å². The number of nitrogens with zero attached hydrogens (tertiary/aromatic N) is 5. The third kappa shape index (κ3) is 4.65. The van der Waals surface area contributed by atoms with Crippen LogP contribution >= 0.6 is 0 Å². The van der Waals surface area contributed by atoms with Crippen molar-refractivity contribution in [2.75, 3.05) is 18.1 Å². The quantitative estimate of drug-likeness (QED) is 0.381. The summed E-state index contributed by atoms with van der Waals surface area (Å²) in [5, 5.41) is 9.64. The first-order chi connectivity index (χ1) is 18.2. The molecule has 11 heteroatoms. The molecule has 2 unspecified atom stereocenters. The zero-order chi connectivity index (χ0) is 27.0. The number of imidazole rings is 1. The van der Waals surface area contributed by atoms with Crippen LogP contribution in [0.25, 0.3) is 16.8 Å². The summed E-state index contributed by atoms with van der Waals surface area (Å²) in [6.45, 7) is 3.04. The summed E-state index contributed by atoms with van der Waals surface area (Å²) in [6, 6.07) is 10.0. The summed E-state index contributed by atoms with van der Waals surface area (Å²) in [4.78, 5) is 27.3. The summed E-state index contributed by atoms with van der Waals surface area (Å²) in [5.74, 6) is -0.476. The van der Waals surface area contributed by atoms with Gasteiger partial charge in [0.15, 0.2) is 5.60 Å². The highest BCUT2D eigenvalue weighted by atomic mass is 19.3. The Bertz CT molecular complexity index is 1480. The van der Waals surface area contributed by atoms with E-state index < -0.39 is 24.2 Å². The third-order valence-electron chi connectivity index (χ3n) is 7.12. The molecule has 0 saturated carbocycles. The van der Waals surface area contributed by atoms with E-state index >= 15 is 0 Å². The minimum absolute atomic E-state index is 0.133. The molecule has 2 atom stereocenters. The number of hydrogen-bond acceptors (Lipinski definition) is 7. The number of aryl methyl sites for hydroxylation is 1. The van der Waals surface area contributed by atoms with Crippen molar-refractivity contribution >= 4 is 17.6 Å². The van der Waals surface area contributed by atoms with Crippen LogP contribution in [0.15, 0.2) is 55.0 Å². The highest BCUT2D eigenvalue weighted by Crippen LogP contribution is 2.30. The second-order valence-corrected chi connectivity index (χ2v) is 9.35. The molecule has 0 bridgehead atoms. The van der Waals surface area contributed by atoms with Gasteiger partial charge in [-0.25, -0.2) is 19.7 Å². The van der Waals surface area contributed by atoms with E-state index in [2.05, 4.69) is 15.0 Å². The van der Waals surface area contributed by atoms with E-state index in [1.54, 1.807) is 44.4 Å². The normalized spacial score (nSPS) is 19.7. The molecular weight excluding hydrogens is 496 g/mol. The standard InChI is InChI=1S/C27H27F2N5O4/c1-16-21(12-18-6-4-5-7-22(18)38-25(28)29)34-15-19(8-9-23(34)32-16)20-13-30-26(31-14-20)33-10-11-37-27(3,17(33)2)24(35)36/h4-9,13-15,17,25H,10-12H2,1-3H3,(H,35,36). The molecule has 1 N–H and O–H groups in total. The molecule has 0 spiro atoms. The van der Waals surface area contributed by atoms with Crippen LogP contribution in [0.4, 0.5) is 14.7 Å². The molecule has 3 aromatic heterocycles. The molecule has 38 heavy (non-hydrogen) atoms. The average Bonchev–Trinajstić information content (AvgIpc) is 3.20. The second kappa shape index (κ2) is 9.97. The number of aromatic nitrogens is 4. The highest BCUT2D eigenvalue weighted by molar-refractivity contribution is 5.79. The molecule has 0 amide bonds. The second-order valence-electron chi connectivity index (χ2n) is 9.35. The molecule has 0 radical (unpaired) electrons. The number of hydrogen-bond donors (Lipinski definition) is 1. The molecule has 4 heterocycles. The number of para-hydroxylation sites is 1. The summed E-state index contributed by atoms with van der Waals surface area (Å²) in [6.07, 6.45) is 5.66. The maximum absolute atomic E-state index is 12.9. The first-order valence-corrected chi connectivity index (χ1v) is 12.1. The predicted molar refractivity (Wildman–Crippen MR) is 136 cm³/mol. The Hall–Kier alpha value is -4.12. The smallest absolute Gasteiger partial charge is 0.387 e. The lowest BCUT2D eigenvalue weighted by Gasteiger charge is -2.43. The van der Waals surface area contributed by atoms with Gasteiger partial charge in [-0.15, -0.1) is 0 Å². The number of aliphatic carboxylic acids is 1. The van der Waals surface area contributed by atoms with Crippen molar-refractivity contribution in [2.24, 2.45) is 0 Å². The van der Waals surface area contributed by atoms with Gasteiger partial charge in [0.05, 0.1) is 18.3 Å². The first-order valence-electron chi connectivity index (χ1n) is 12.1. The van der Waals surface area contributed by atoms with Gasteiger partial charge in [-0.3, -0.25) is 0 Å². The molecule has 1 saturated heterocycles. The lowest BCUT2D eigenvalue weighted by Crippen LogP contribution is -2.61. The summed E-state index contributed by atoms with van der Waals surface area (Å²) < 4.78 is 38.0. The van der Waals surface area contributed by atoms with Crippen LogP contribution in [0, 0.1) is 6.92 Å². The number of morpholine rings is 1. The van der Waals surface area contributed by atoms with Crippen molar-refractivity contribution in [3.63, 3.8) is 0 Å². The van der Waals surface area contributed by atoms with Gasteiger partial charge in [-0.1, -0.05) is 18.2 Å². The maximum Gasteiger partial charge on any atom is 0.387 e. The lowest BCUT2D eigenvalue weighted by atomic mass is 9.95. The van der Waals surface area contributed by atoms with Gasteiger partial charge in [-0.05, 0) is 39.0 Å². The van der Waals surface area contributed by atoms with Crippen molar-refractivity contribution < 1.29 is 28.2 Å². The average molecular weight is 524 g/mol. The monoisotopic (exact) mass is 523 g/mol. The van der Waals surface area contributed by atoms with E-state index in [9.17, 15) is 18.7 Å². The number of halogens is 2. The number of fused-ring (bicyclic) bond motifs is 1. The third-order valence-corrected chi connectivity index (χ3v) is 7.12. The van der Waals surface area contributed by atoms with Gasteiger partial charge >= 0.3 is 12.6 Å². The van der Waals surface area contributed by atoms with E-state index in [0.29, 0.717) is 24.5 Å². The molecule has 1 aliphatic heterocycles. The molecule has 0 aliphatic carbocycles. The fourth-order valence-corrected chi connectivity index (χ4v) is 4.74. The van der Waals surface area contributed by atoms with Gasteiger partial charge < -0.3 is 23.9 Å². The lowest BCUT2D eigenvalue weighted by molar-refractivity contribution is -0.169. The van der Waals surface area contributed by atoms with Gasteiger partial charge in [0.25, 0.3) is 0 Å². The van der Waals surface area contributed by atoms with Crippen molar-refractivity contribution in [3.05, 3.63) is 71.9 Å². The fourth-order valence-electron chi connectivity index (χ4n) is 4.74. The number of anilines is 1. The van der Waals surface area contributed by atoms with Crippen molar-refractivity contribution in [1.82, 2.24) is 19.4 Å². The largest absolute Gasteiger partial charge is 0.479 e. The van der Waals surface area contributed by atoms with Crippen molar-refractivity contribution in [2.45, 2.75) is 45.4 Å². The van der Waals surface area contributed by atoms with Gasteiger partial charge in [0.1, 0.15) is 11.4 Å². The number of pyridine rings is 1. The summed E-state index contributed by atoms with van der Waals surface area (Å²) in [7, 11) is 0. The number of benzene rings is 1. The zero-order valence-electron chi connectivity index (χ0n) is 21.1. The predicted octanol–water partition coefficient (Wildman–Crippen LogP) is 4.36. The van der Waals surface area contributed by atoms with E-state index in [1.165, 1.54) is 6.07 Å². The molecule has 1 fully saturated rings. The SMILES string of the molecule is Cc1nc2ccc(-c3cnc(N4CCOC(C)(C(=O)O)C4C)nc3)cn2c1Cc1ccccc1OC(F)F. The molecule has 5 rings (SSSR count). The Kier molecular flexibility index (Phi) is 6.70. The number of ether oxygens (including phenoxy) is 2. The van der Waals surface area contributed by atoms with Crippen LogP contribution in [-0.4, -0.2) is 61.8 Å². The Morgan fingerprint density at radius 2 is 1.95 bits per heavy atom. The zero-order valence-corrected chi connectivity index (χ0v) is 21.1. The summed E-state index contributed by atoms with van der Waals surface area (Å²) in [5.41, 5.74) is 3.22. The molecule has 4 aromatic rings. The fraction of sp³-hybridized carbons (Fsp3) is 0.333.